The van der Waals surface area contributed by atoms with Crippen LogP contribution in [-0.4, -0.2) is 35.1 Å². The molecule has 2 atom stereocenters. The number of hydrogen-bond donors (Lipinski definition) is 2. The van der Waals surface area contributed by atoms with Crippen LogP contribution in [0.2, 0.25) is 0 Å². The van der Waals surface area contributed by atoms with Crippen LogP contribution in [0.15, 0.2) is 18.5 Å². The topological polar surface area (TPSA) is 90.1 Å². The maximum absolute atomic E-state index is 13.5. The van der Waals surface area contributed by atoms with Crippen molar-refractivity contribution in [2.45, 2.75) is 12.5 Å². The summed E-state index contributed by atoms with van der Waals surface area (Å²) in [7, 11) is 0. The van der Waals surface area contributed by atoms with Gasteiger partial charge >= 0.3 is 0 Å². The summed E-state index contributed by atoms with van der Waals surface area (Å²) >= 11 is 0. The van der Waals surface area contributed by atoms with Crippen molar-refractivity contribution in [3.8, 4) is 0 Å². The van der Waals surface area contributed by atoms with E-state index in [1.165, 1.54) is 6.33 Å². The first kappa shape index (κ1) is 14.6. The second kappa shape index (κ2) is 5.80. The quantitative estimate of drug-likeness (QED) is 0.886. The Morgan fingerprint density at radius 1 is 1.36 bits per heavy atom. The van der Waals surface area contributed by atoms with E-state index in [0.717, 1.165) is 12.1 Å². The number of primary amides is 1. The fourth-order valence-corrected chi connectivity index (χ4v) is 2.55. The molecule has 1 aromatic carbocycles. The standard InChI is InChI=1S/C14H14F2N4O2/c15-9-3-8-11(4-10(9)16)18-6-19-14(8)20-12(13(17)21)7-1-2-22-5-7/h3-4,6-7,12H,1-2,5H2,(H2,17,21)(H,18,19,20)/t7-,12+/m1/s1. The van der Waals surface area contributed by atoms with E-state index in [4.69, 9.17) is 10.5 Å². The van der Waals surface area contributed by atoms with Gasteiger partial charge in [-0.3, -0.25) is 4.79 Å². The van der Waals surface area contributed by atoms with Crippen molar-refractivity contribution in [3.05, 3.63) is 30.1 Å². The Bertz CT molecular complexity index is 719. The molecule has 0 saturated carbocycles. The molecule has 0 bridgehead atoms. The van der Waals surface area contributed by atoms with Gasteiger partial charge in [-0.2, -0.15) is 0 Å². The van der Waals surface area contributed by atoms with Gasteiger partial charge in [-0.25, -0.2) is 18.7 Å². The summed E-state index contributed by atoms with van der Waals surface area (Å²) in [5.74, 6) is -2.41. The number of hydrogen-bond acceptors (Lipinski definition) is 5. The summed E-state index contributed by atoms with van der Waals surface area (Å²) in [6, 6.07) is 1.28. The highest BCUT2D eigenvalue weighted by molar-refractivity contribution is 5.91. The van der Waals surface area contributed by atoms with E-state index < -0.39 is 23.6 Å². The van der Waals surface area contributed by atoms with Gasteiger partial charge in [0, 0.05) is 24.0 Å². The fourth-order valence-electron chi connectivity index (χ4n) is 2.55. The lowest BCUT2D eigenvalue weighted by atomic mass is 9.98. The molecule has 0 spiro atoms. The van der Waals surface area contributed by atoms with Crippen LogP contribution in [0.3, 0.4) is 0 Å². The minimum Gasteiger partial charge on any atom is -0.381 e. The number of ether oxygens (including phenoxy) is 1. The second-order valence-electron chi connectivity index (χ2n) is 5.15. The van der Waals surface area contributed by atoms with Crippen molar-refractivity contribution in [1.29, 1.82) is 0 Å². The maximum Gasteiger partial charge on any atom is 0.240 e. The molecule has 2 aromatic rings. The smallest absolute Gasteiger partial charge is 0.240 e. The zero-order chi connectivity index (χ0) is 15.7. The number of nitrogens with two attached hydrogens (primary N) is 1. The minimum atomic E-state index is -1.01. The van der Waals surface area contributed by atoms with Crippen LogP contribution >= 0.6 is 0 Å². The van der Waals surface area contributed by atoms with E-state index >= 15 is 0 Å². The van der Waals surface area contributed by atoms with Crippen molar-refractivity contribution in [1.82, 2.24) is 9.97 Å². The molecule has 0 unspecified atom stereocenters. The monoisotopic (exact) mass is 308 g/mol. The fraction of sp³-hybridized carbons (Fsp3) is 0.357. The molecule has 3 N–H and O–H groups in total. The second-order valence-corrected chi connectivity index (χ2v) is 5.15. The Morgan fingerprint density at radius 3 is 2.82 bits per heavy atom. The number of fused-ring (bicyclic) bond motifs is 1. The van der Waals surface area contributed by atoms with E-state index in [0.29, 0.717) is 19.6 Å². The normalized spacial score (nSPS) is 19.3. The number of rotatable bonds is 4. The highest BCUT2D eigenvalue weighted by Crippen LogP contribution is 2.25. The number of anilines is 1. The average molecular weight is 308 g/mol. The van der Waals surface area contributed by atoms with Crippen LogP contribution in [0.1, 0.15) is 6.42 Å². The molecule has 0 radical (unpaired) electrons. The number of nitrogens with one attached hydrogen (secondary N) is 1. The minimum absolute atomic E-state index is 0.0900. The summed E-state index contributed by atoms with van der Waals surface area (Å²) in [6.07, 6.45) is 1.90. The maximum atomic E-state index is 13.5. The number of halogens is 2. The lowest BCUT2D eigenvalue weighted by molar-refractivity contribution is -0.119. The van der Waals surface area contributed by atoms with Gasteiger partial charge in [-0.1, -0.05) is 0 Å². The molecule has 1 aliphatic rings. The number of benzene rings is 1. The molecule has 1 fully saturated rings. The van der Waals surface area contributed by atoms with Gasteiger partial charge in [0.1, 0.15) is 18.2 Å². The molecule has 22 heavy (non-hydrogen) atoms. The third kappa shape index (κ3) is 2.69. The van der Waals surface area contributed by atoms with Gasteiger partial charge in [0.15, 0.2) is 11.6 Å². The van der Waals surface area contributed by atoms with Gasteiger partial charge in [-0.15, -0.1) is 0 Å². The lowest BCUT2D eigenvalue weighted by Crippen LogP contribution is -2.42. The third-order valence-electron chi connectivity index (χ3n) is 3.71. The molecule has 1 saturated heterocycles. The number of aromatic nitrogens is 2. The van der Waals surface area contributed by atoms with E-state index in [9.17, 15) is 13.6 Å². The summed E-state index contributed by atoms with van der Waals surface area (Å²) in [5, 5.41) is 3.20. The first-order valence-electron chi connectivity index (χ1n) is 6.79. The highest BCUT2D eigenvalue weighted by Gasteiger charge is 2.30. The van der Waals surface area contributed by atoms with E-state index in [-0.39, 0.29) is 22.6 Å². The van der Waals surface area contributed by atoms with Crippen molar-refractivity contribution in [3.63, 3.8) is 0 Å². The van der Waals surface area contributed by atoms with Gasteiger partial charge in [0.25, 0.3) is 0 Å². The number of nitrogens with zero attached hydrogens (tertiary/aromatic N) is 2. The van der Waals surface area contributed by atoms with E-state index in [1.54, 1.807) is 0 Å². The summed E-state index contributed by atoms with van der Waals surface area (Å²) in [4.78, 5) is 19.6. The summed E-state index contributed by atoms with van der Waals surface area (Å²) in [6.45, 7) is 0.965. The van der Waals surface area contributed by atoms with Gasteiger partial charge in [0.05, 0.1) is 12.1 Å². The molecule has 2 heterocycles. The zero-order valence-electron chi connectivity index (χ0n) is 11.6. The Balaban J connectivity index is 1.98. The first-order chi connectivity index (χ1) is 10.6. The average Bonchev–Trinajstić information content (AvgIpc) is 3.00. The van der Waals surface area contributed by atoms with E-state index in [1.807, 2.05) is 0 Å². The molecule has 3 rings (SSSR count). The summed E-state index contributed by atoms with van der Waals surface area (Å²) in [5.41, 5.74) is 5.67. The SMILES string of the molecule is NC(=O)[C@@H](Nc1ncnc2cc(F)c(F)cc12)[C@@H]1CCOC1. The number of carbonyl (C=O) groups is 1. The summed E-state index contributed by atoms with van der Waals surface area (Å²) < 4.78 is 32.0. The van der Waals surface area contributed by atoms with E-state index in [2.05, 4.69) is 15.3 Å². The van der Waals surface area contributed by atoms with Gasteiger partial charge in [0.2, 0.25) is 5.91 Å². The number of amides is 1. The van der Waals surface area contributed by atoms with Crippen molar-refractivity contribution in [2.75, 3.05) is 18.5 Å². The predicted molar refractivity (Wildman–Crippen MR) is 75.0 cm³/mol. The molecule has 116 valence electrons. The van der Waals surface area contributed by atoms with Gasteiger partial charge in [-0.05, 0) is 12.5 Å². The molecule has 1 aromatic heterocycles. The van der Waals surface area contributed by atoms with Crippen LogP contribution in [-0.2, 0) is 9.53 Å². The molecule has 1 aliphatic heterocycles. The van der Waals surface area contributed by atoms with Crippen LogP contribution in [0, 0.1) is 17.6 Å². The number of carbonyl (C=O) groups excluding carboxylic acids is 1. The first-order valence-corrected chi connectivity index (χ1v) is 6.79. The van der Waals surface area contributed by atoms with Crippen molar-refractivity contribution in [2.24, 2.45) is 11.7 Å². The Labute approximate surface area is 124 Å². The van der Waals surface area contributed by atoms with Gasteiger partial charge < -0.3 is 15.8 Å². The van der Waals surface area contributed by atoms with Crippen molar-refractivity contribution >= 4 is 22.6 Å². The van der Waals surface area contributed by atoms with Crippen LogP contribution in [0.4, 0.5) is 14.6 Å². The molecular formula is C14H14F2N4O2. The zero-order valence-corrected chi connectivity index (χ0v) is 11.6. The molecular weight excluding hydrogens is 294 g/mol. The molecule has 0 aliphatic carbocycles. The highest BCUT2D eigenvalue weighted by atomic mass is 19.2. The van der Waals surface area contributed by atoms with Crippen LogP contribution in [0.5, 0.6) is 0 Å². The largest absolute Gasteiger partial charge is 0.381 e. The Morgan fingerprint density at radius 2 is 2.14 bits per heavy atom. The third-order valence-corrected chi connectivity index (χ3v) is 3.71. The molecule has 1 amide bonds. The van der Waals surface area contributed by atoms with Crippen molar-refractivity contribution < 1.29 is 18.3 Å². The van der Waals surface area contributed by atoms with Crippen LogP contribution in [0.25, 0.3) is 10.9 Å². The molecule has 6 nitrogen and oxygen atoms in total. The predicted octanol–water partition coefficient (Wildman–Crippen LogP) is 1.21. The molecule has 8 heteroatoms. The lowest BCUT2D eigenvalue weighted by Gasteiger charge is -2.21. The Hall–Kier alpha value is -2.35. The van der Waals surface area contributed by atoms with Crippen LogP contribution < -0.4 is 11.1 Å². The Kier molecular flexibility index (Phi) is 3.84.